The molecule has 0 aliphatic heterocycles. The maximum atomic E-state index is 11.1. The fourth-order valence-corrected chi connectivity index (χ4v) is 1.35. The molecule has 1 unspecified atom stereocenters. The minimum absolute atomic E-state index is 0.115. The predicted molar refractivity (Wildman–Crippen MR) is 70.2 cm³/mol. The van der Waals surface area contributed by atoms with Gasteiger partial charge in [0, 0.05) is 6.07 Å². The number of ether oxygens (including phenoxy) is 2. The van der Waals surface area contributed by atoms with Gasteiger partial charge in [0.2, 0.25) is 0 Å². The smallest absolute Gasteiger partial charge is 0.327 e. The monoisotopic (exact) mass is 284 g/mol. The van der Waals surface area contributed by atoms with Crippen LogP contribution in [0, 0.1) is 10.1 Å². The van der Waals surface area contributed by atoms with Gasteiger partial charge in [-0.3, -0.25) is 14.9 Å². The van der Waals surface area contributed by atoms with E-state index >= 15 is 0 Å². The van der Waals surface area contributed by atoms with Crippen LogP contribution in [0.4, 0.5) is 5.69 Å². The van der Waals surface area contributed by atoms with E-state index in [9.17, 15) is 14.9 Å². The molecule has 2 N–H and O–H groups in total. The number of carbonyl (C=O) groups is 1. The van der Waals surface area contributed by atoms with E-state index in [2.05, 4.69) is 5.32 Å². The lowest BCUT2D eigenvalue weighted by atomic mass is 10.1. The van der Waals surface area contributed by atoms with Crippen LogP contribution in [0.2, 0.25) is 0 Å². The van der Waals surface area contributed by atoms with Crippen molar-refractivity contribution < 1.29 is 24.3 Å². The van der Waals surface area contributed by atoms with Crippen LogP contribution < -0.4 is 14.8 Å². The number of benzene rings is 1. The quantitative estimate of drug-likeness (QED) is 0.568. The Morgan fingerprint density at radius 3 is 2.60 bits per heavy atom. The number of aliphatic carboxylic acids is 1. The summed E-state index contributed by atoms with van der Waals surface area (Å²) in [5.41, 5.74) is -1.47. The first-order valence-electron chi connectivity index (χ1n) is 5.71. The van der Waals surface area contributed by atoms with E-state index in [1.807, 2.05) is 0 Å². The van der Waals surface area contributed by atoms with E-state index in [1.54, 1.807) is 0 Å². The number of hydrogen-bond donors (Lipinski definition) is 2. The highest BCUT2D eigenvalue weighted by Gasteiger charge is 2.32. The summed E-state index contributed by atoms with van der Waals surface area (Å²) in [4.78, 5) is 21.3. The summed E-state index contributed by atoms with van der Waals surface area (Å²) in [5.74, 6) is -0.687. The van der Waals surface area contributed by atoms with Crippen molar-refractivity contribution in [1.82, 2.24) is 5.32 Å². The number of nitro groups is 1. The standard InChI is InChI=1S/C12H16N2O6/c1-12(13-2,11(15)16)7-20-10-6-8(14(17)18)4-5-9(10)19-3/h4-6,13H,7H2,1-3H3,(H,15,16). The number of non-ortho nitro benzene ring substituents is 1. The first kappa shape index (κ1) is 15.7. The van der Waals surface area contributed by atoms with Crippen molar-refractivity contribution in [3.63, 3.8) is 0 Å². The zero-order valence-corrected chi connectivity index (χ0v) is 11.4. The van der Waals surface area contributed by atoms with Gasteiger partial charge in [-0.05, 0) is 20.0 Å². The van der Waals surface area contributed by atoms with Crippen LogP contribution in [-0.4, -0.2) is 42.3 Å². The van der Waals surface area contributed by atoms with Gasteiger partial charge >= 0.3 is 5.97 Å². The molecule has 20 heavy (non-hydrogen) atoms. The minimum Gasteiger partial charge on any atom is -0.493 e. The number of nitrogens with zero attached hydrogens (tertiary/aromatic N) is 1. The molecule has 8 heteroatoms. The van der Waals surface area contributed by atoms with Gasteiger partial charge in [-0.1, -0.05) is 0 Å². The fraction of sp³-hybridized carbons (Fsp3) is 0.417. The van der Waals surface area contributed by atoms with Crippen LogP contribution in [0.3, 0.4) is 0 Å². The average molecular weight is 284 g/mol. The SMILES string of the molecule is CNC(C)(COc1cc([N+](=O)[O-])ccc1OC)C(=O)O. The maximum Gasteiger partial charge on any atom is 0.327 e. The summed E-state index contributed by atoms with van der Waals surface area (Å²) in [6.07, 6.45) is 0. The molecular weight excluding hydrogens is 268 g/mol. The van der Waals surface area contributed by atoms with Crippen molar-refractivity contribution in [1.29, 1.82) is 0 Å². The Bertz CT molecular complexity index is 519. The molecule has 1 rings (SSSR count). The van der Waals surface area contributed by atoms with Crippen molar-refractivity contribution in [3.05, 3.63) is 28.3 Å². The Balaban J connectivity index is 2.98. The molecule has 0 aliphatic rings. The van der Waals surface area contributed by atoms with Gasteiger partial charge in [0.25, 0.3) is 5.69 Å². The molecule has 8 nitrogen and oxygen atoms in total. The molecule has 1 atom stereocenters. The third-order valence-electron chi connectivity index (χ3n) is 2.90. The highest BCUT2D eigenvalue weighted by atomic mass is 16.6. The van der Waals surface area contributed by atoms with E-state index in [-0.39, 0.29) is 18.0 Å². The van der Waals surface area contributed by atoms with Crippen LogP contribution in [0.1, 0.15) is 6.92 Å². The van der Waals surface area contributed by atoms with Crippen LogP contribution >= 0.6 is 0 Å². The molecule has 1 aromatic carbocycles. The van der Waals surface area contributed by atoms with Crippen LogP contribution in [0.15, 0.2) is 18.2 Å². The van der Waals surface area contributed by atoms with Gasteiger partial charge in [-0.2, -0.15) is 0 Å². The zero-order chi connectivity index (χ0) is 15.3. The first-order valence-corrected chi connectivity index (χ1v) is 5.71. The summed E-state index contributed by atoms with van der Waals surface area (Å²) in [6, 6.07) is 3.86. The normalized spacial score (nSPS) is 13.3. The molecule has 0 saturated carbocycles. The van der Waals surface area contributed by atoms with E-state index in [1.165, 1.54) is 39.3 Å². The molecule has 0 amide bonds. The van der Waals surface area contributed by atoms with E-state index in [0.29, 0.717) is 5.75 Å². The lowest BCUT2D eigenvalue weighted by Crippen LogP contribution is -2.52. The first-order chi connectivity index (χ1) is 9.34. The molecular formula is C12H16N2O6. The highest BCUT2D eigenvalue weighted by molar-refractivity contribution is 5.78. The van der Waals surface area contributed by atoms with Gasteiger partial charge in [0.15, 0.2) is 11.5 Å². The second-order valence-electron chi connectivity index (χ2n) is 4.27. The Morgan fingerprint density at radius 2 is 2.15 bits per heavy atom. The third-order valence-corrected chi connectivity index (χ3v) is 2.90. The number of carboxylic acid groups (broad SMARTS) is 1. The van der Waals surface area contributed by atoms with Crippen LogP contribution in [0.25, 0.3) is 0 Å². The van der Waals surface area contributed by atoms with Gasteiger partial charge in [-0.15, -0.1) is 0 Å². The largest absolute Gasteiger partial charge is 0.493 e. The highest BCUT2D eigenvalue weighted by Crippen LogP contribution is 2.31. The number of rotatable bonds is 7. The molecule has 0 saturated heterocycles. The van der Waals surface area contributed by atoms with Crippen molar-refractivity contribution in [3.8, 4) is 11.5 Å². The van der Waals surface area contributed by atoms with Crippen molar-refractivity contribution in [2.75, 3.05) is 20.8 Å². The second kappa shape index (κ2) is 6.20. The van der Waals surface area contributed by atoms with Gasteiger partial charge < -0.3 is 19.9 Å². The molecule has 0 spiro atoms. The Labute approximate surface area is 115 Å². The lowest BCUT2D eigenvalue weighted by Gasteiger charge is -2.24. The van der Waals surface area contributed by atoms with Crippen LogP contribution in [-0.2, 0) is 4.79 Å². The Kier molecular flexibility index (Phi) is 4.87. The van der Waals surface area contributed by atoms with Crippen LogP contribution in [0.5, 0.6) is 11.5 Å². The van der Waals surface area contributed by atoms with Gasteiger partial charge in [0.1, 0.15) is 12.1 Å². The molecule has 0 aliphatic carbocycles. The topological polar surface area (TPSA) is 111 Å². The fourth-order valence-electron chi connectivity index (χ4n) is 1.35. The van der Waals surface area contributed by atoms with Gasteiger partial charge in [0.05, 0.1) is 18.1 Å². The molecule has 0 fully saturated rings. The van der Waals surface area contributed by atoms with Crippen molar-refractivity contribution >= 4 is 11.7 Å². The number of hydrogen-bond acceptors (Lipinski definition) is 6. The van der Waals surface area contributed by atoms with Crippen molar-refractivity contribution in [2.45, 2.75) is 12.5 Å². The summed E-state index contributed by atoms with van der Waals surface area (Å²) >= 11 is 0. The summed E-state index contributed by atoms with van der Waals surface area (Å²) in [6.45, 7) is 1.23. The summed E-state index contributed by atoms with van der Waals surface area (Å²) in [5, 5.41) is 22.4. The number of methoxy groups -OCH3 is 1. The second-order valence-corrected chi connectivity index (χ2v) is 4.27. The minimum atomic E-state index is -1.31. The molecule has 0 radical (unpaired) electrons. The summed E-state index contributed by atoms with van der Waals surface area (Å²) in [7, 11) is 2.88. The number of carboxylic acids is 1. The number of nitrogens with one attached hydrogen (secondary N) is 1. The molecule has 0 heterocycles. The Hall–Kier alpha value is -2.35. The number of likely N-dealkylation sites (N-methyl/N-ethyl adjacent to an activating group) is 1. The number of nitro benzene ring substituents is 1. The Morgan fingerprint density at radius 1 is 1.50 bits per heavy atom. The van der Waals surface area contributed by atoms with E-state index in [0.717, 1.165) is 0 Å². The van der Waals surface area contributed by atoms with E-state index in [4.69, 9.17) is 14.6 Å². The van der Waals surface area contributed by atoms with Crippen molar-refractivity contribution in [2.24, 2.45) is 0 Å². The zero-order valence-electron chi connectivity index (χ0n) is 11.4. The van der Waals surface area contributed by atoms with E-state index < -0.39 is 16.4 Å². The average Bonchev–Trinajstić information content (AvgIpc) is 2.43. The molecule has 1 aromatic rings. The van der Waals surface area contributed by atoms with Gasteiger partial charge in [-0.25, -0.2) is 0 Å². The maximum absolute atomic E-state index is 11.1. The summed E-state index contributed by atoms with van der Waals surface area (Å²) < 4.78 is 10.4. The predicted octanol–water partition coefficient (Wildman–Crippen LogP) is 1.04. The molecule has 0 bridgehead atoms. The molecule has 0 aromatic heterocycles. The molecule has 110 valence electrons. The lowest BCUT2D eigenvalue weighted by molar-refractivity contribution is -0.385. The third kappa shape index (κ3) is 3.35.